The number of sulfonamides is 1. The molecule has 106 valence electrons. The zero-order valence-corrected chi connectivity index (χ0v) is 13.7. The molecule has 0 N–H and O–H groups in total. The fraction of sp³-hybridized carbons (Fsp3) is 0.545. The molecule has 0 saturated carbocycles. The number of rotatable bonds is 2. The molecule has 19 heavy (non-hydrogen) atoms. The highest BCUT2D eigenvalue weighted by Gasteiger charge is 2.28. The van der Waals surface area contributed by atoms with Gasteiger partial charge in [0.25, 0.3) is 0 Å². The van der Waals surface area contributed by atoms with Crippen molar-refractivity contribution < 1.29 is 8.42 Å². The van der Waals surface area contributed by atoms with Gasteiger partial charge in [-0.15, -0.1) is 0 Å². The Balaban J connectivity index is 2.33. The van der Waals surface area contributed by atoms with Gasteiger partial charge in [-0.05, 0) is 42.0 Å². The van der Waals surface area contributed by atoms with Gasteiger partial charge < -0.3 is 4.90 Å². The van der Waals surface area contributed by atoms with Crippen molar-refractivity contribution >= 4 is 37.6 Å². The Labute approximate surface area is 126 Å². The van der Waals surface area contributed by atoms with E-state index in [1.165, 1.54) is 16.6 Å². The van der Waals surface area contributed by atoms with Crippen molar-refractivity contribution in [2.75, 3.05) is 33.2 Å². The van der Waals surface area contributed by atoms with Crippen LogP contribution in [0, 0.1) is 0 Å². The van der Waals surface area contributed by atoms with Crippen molar-refractivity contribution in [1.29, 1.82) is 0 Å². The fourth-order valence-electron chi connectivity index (χ4n) is 1.99. The summed E-state index contributed by atoms with van der Waals surface area (Å²) in [7, 11) is -1.59. The van der Waals surface area contributed by atoms with Gasteiger partial charge in [0.05, 0.1) is 0 Å². The lowest BCUT2D eigenvalue weighted by Gasteiger charge is -2.20. The number of halogens is 2. The maximum Gasteiger partial charge on any atom is 0.246 e. The molecule has 0 aliphatic carbocycles. The molecule has 0 radical (unpaired) electrons. The van der Waals surface area contributed by atoms with Crippen LogP contribution in [0.5, 0.6) is 0 Å². The summed E-state index contributed by atoms with van der Waals surface area (Å²) in [6.45, 7) is 2.60. The quantitative estimate of drug-likeness (QED) is 0.747. The molecule has 8 heteroatoms. The Morgan fingerprint density at radius 2 is 2.05 bits per heavy atom. The largest absolute Gasteiger partial charge is 0.305 e. The van der Waals surface area contributed by atoms with E-state index in [9.17, 15) is 8.42 Å². The first-order valence-corrected chi connectivity index (χ1v) is 8.52. The zero-order valence-electron chi connectivity index (χ0n) is 10.5. The van der Waals surface area contributed by atoms with Crippen molar-refractivity contribution in [1.82, 2.24) is 14.2 Å². The van der Waals surface area contributed by atoms with E-state index >= 15 is 0 Å². The highest BCUT2D eigenvalue weighted by Crippen LogP contribution is 2.26. The maximum absolute atomic E-state index is 12.6. The topological polar surface area (TPSA) is 53.5 Å². The summed E-state index contributed by atoms with van der Waals surface area (Å²) in [5.41, 5.74) is 0. The van der Waals surface area contributed by atoms with E-state index in [1.807, 2.05) is 7.05 Å². The molecule has 1 aromatic heterocycles. The average Bonchev–Trinajstić information content (AvgIpc) is 2.57. The lowest BCUT2D eigenvalue weighted by Crippen LogP contribution is -2.34. The van der Waals surface area contributed by atoms with E-state index in [0.29, 0.717) is 17.6 Å². The molecule has 0 unspecified atom stereocenters. The van der Waals surface area contributed by atoms with E-state index in [1.54, 1.807) is 0 Å². The van der Waals surface area contributed by atoms with E-state index in [-0.39, 0.29) is 10.0 Å². The summed E-state index contributed by atoms with van der Waals surface area (Å²) in [6, 6.07) is 1.50. The van der Waals surface area contributed by atoms with E-state index in [4.69, 9.17) is 11.6 Å². The molecular formula is C11H15BrClN3O2S. The number of aromatic nitrogens is 1. The third-order valence-electron chi connectivity index (χ3n) is 3.07. The molecule has 0 bridgehead atoms. The minimum atomic E-state index is -3.58. The van der Waals surface area contributed by atoms with Gasteiger partial charge in [-0.3, -0.25) is 0 Å². The predicted octanol–water partition coefficient (Wildman–Crippen LogP) is 1.82. The number of hydrogen-bond donors (Lipinski definition) is 0. The van der Waals surface area contributed by atoms with Gasteiger partial charge in [-0.25, -0.2) is 13.4 Å². The monoisotopic (exact) mass is 367 g/mol. The molecule has 1 aliphatic rings. The number of hydrogen-bond acceptors (Lipinski definition) is 4. The summed E-state index contributed by atoms with van der Waals surface area (Å²) in [5.74, 6) is 0. The Morgan fingerprint density at radius 1 is 1.32 bits per heavy atom. The van der Waals surface area contributed by atoms with Gasteiger partial charge in [0.15, 0.2) is 0 Å². The van der Waals surface area contributed by atoms with E-state index in [0.717, 1.165) is 19.5 Å². The first-order chi connectivity index (χ1) is 8.91. The van der Waals surface area contributed by atoms with Gasteiger partial charge >= 0.3 is 0 Å². The summed E-state index contributed by atoms with van der Waals surface area (Å²) in [6.07, 6.45) is 2.30. The highest BCUT2D eigenvalue weighted by atomic mass is 79.9. The third-order valence-corrected chi connectivity index (χ3v) is 5.83. The van der Waals surface area contributed by atoms with Gasteiger partial charge in [0.1, 0.15) is 10.0 Å². The SMILES string of the molecule is CN1CCCN(S(=O)(=O)c2cc(Br)cnc2Cl)CC1. The minimum absolute atomic E-state index is 0.0146. The molecule has 5 nitrogen and oxygen atoms in total. The second-order valence-electron chi connectivity index (χ2n) is 4.50. The van der Waals surface area contributed by atoms with Crippen molar-refractivity contribution in [2.45, 2.75) is 11.3 Å². The molecule has 2 rings (SSSR count). The molecule has 2 heterocycles. The summed E-state index contributed by atoms with van der Waals surface area (Å²) in [4.78, 5) is 6.06. The minimum Gasteiger partial charge on any atom is -0.305 e. The molecule has 0 spiro atoms. The van der Waals surface area contributed by atoms with Crippen molar-refractivity contribution in [3.8, 4) is 0 Å². The average molecular weight is 369 g/mol. The fourth-order valence-corrected chi connectivity index (χ4v) is 4.38. The highest BCUT2D eigenvalue weighted by molar-refractivity contribution is 9.10. The van der Waals surface area contributed by atoms with Crippen LogP contribution in [0.1, 0.15) is 6.42 Å². The second kappa shape index (κ2) is 6.05. The van der Waals surface area contributed by atoms with Crippen molar-refractivity contribution in [3.05, 3.63) is 21.9 Å². The third kappa shape index (κ3) is 3.46. The summed E-state index contributed by atoms with van der Waals surface area (Å²) < 4.78 is 27.2. The first-order valence-electron chi connectivity index (χ1n) is 5.91. The van der Waals surface area contributed by atoms with Gasteiger partial charge in [-0.1, -0.05) is 11.6 Å². The molecule has 1 aliphatic heterocycles. The van der Waals surface area contributed by atoms with Gasteiger partial charge in [0.2, 0.25) is 10.0 Å². The smallest absolute Gasteiger partial charge is 0.246 e. The molecular weight excluding hydrogens is 354 g/mol. The zero-order chi connectivity index (χ0) is 14.0. The van der Waals surface area contributed by atoms with Gasteiger partial charge in [0, 0.05) is 30.3 Å². The molecule has 0 aromatic carbocycles. The lowest BCUT2D eigenvalue weighted by atomic mass is 10.4. The lowest BCUT2D eigenvalue weighted by molar-refractivity contribution is 0.347. The standard InChI is InChI=1S/C11H15BrClN3O2S/c1-15-3-2-4-16(6-5-15)19(17,18)10-7-9(12)8-14-11(10)13/h7-8H,2-6H2,1H3. The number of nitrogens with zero attached hydrogens (tertiary/aromatic N) is 3. The molecule has 1 aromatic rings. The Morgan fingerprint density at radius 3 is 2.79 bits per heavy atom. The van der Waals surface area contributed by atoms with Crippen LogP contribution >= 0.6 is 27.5 Å². The summed E-state index contributed by atoms with van der Waals surface area (Å²) in [5, 5.41) is 0.0146. The van der Waals surface area contributed by atoms with Crippen LogP contribution in [0.2, 0.25) is 5.15 Å². The van der Waals surface area contributed by atoms with Crippen LogP contribution in [0.4, 0.5) is 0 Å². The Kier molecular flexibility index (Phi) is 4.84. The molecule has 1 fully saturated rings. The van der Waals surface area contributed by atoms with Crippen LogP contribution in [0.25, 0.3) is 0 Å². The maximum atomic E-state index is 12.6. The van der Waals surface area contributed by atoms with Crippen LogP contribution in [-0.4, -0.2) is 55.8 Å². The normalized spacial score (nSPS) is 19.3. The Bertz CT molecular complexity index is 567. The number of pyridine rings is 1. The van der Waals surface area contributed by atoms with Crippen molar-refractivity contribution in [3.63, 3.8) is 0 Å². The number of likely N-dealkylation sites (N-methyl/N-ethyl adjacent to an activating group) is 1. The van der Waals surface area contributed by atoms with Crippen molar-refractivity contribution in [2.24, 2.45) is 0 Å². The molecule has 1 saturated heterocycles. The van der Waals surface area contributed by atoms with Crippen LogP contribution < -0.4 is 0 Å². The first kappa shape index (κ1) is 15.2. The van der Waals surface area contributed by atoms with Gasteiger partial charge in [-0.2, -0.15) is 4.31 Å². The molecule has 0 amide bonds. The van der Waals surface area contributed by atoms with E-state index < -0.39 is 10.0 Å². The van der Waals surface area contributed by atoms with Crippen LogP contribution in [-0.2, 0) is 10.0 Å². The van der Waals surface area contributed by atoms with Crippen LogP contribution in [0.3, 0.4) is 0 Å². The van der Waals surface area contributed by atoms with Crippen LogP contribution in [0.15, 0.2) is 21.6 Å². The Hall–Kier alpha value is -0.210. The molecule has 0 atom stereocenters. The second-order valence-corrected chi connectivity index (χ2v) is 7.68. The predicted molar refractivity (Wildman–Crippen MR) is 77.8 cm³/mol. The van der Waals surface area contributed by atoms with E-state index in [2.05, 4.69) is 25.8 Å². The summed E-state index contributed by atoms with van der Waals surface area (Å²) >= 11 is 9.15.